The maximum absolute atomic E-state index is 11.7. The zero-order valence-electron chi connectivity index (χ0n) is 15.2. The Morgan fingerprint density at radius 3 is 2.54 bits per heavy atom. The van der Waals surface area contributed by atoms with E-state index in [1.807, 2.05) is 9.80 Å². The van der Waals surface area contributed by atoms with Crippen molar-refractivity contribution >= 4 is 23.6 Å². The molecule has 3 heterocycles. The molecule has 146 valence electrons. The summed E-state index contributed by atoms with van der Waals surface area (Å²) in [4.78, 5) is 35.1. The molecule has 1 saturated heterocycles. The summed E-state index contributed by atoms with van der Waals surface area (Å²) in [6.07, 6.45) is 5.72. The third-order valence-electron chi connectivity index (χ3n) is 4.17. The smallest absolute Gasteiger partial charge is 0.341 e. The molecule has 0 saturated carbocycles. The number of aromatic nitrogens is 4. The summed E-state index contributed by atoms with van der Waals surface area (Å²) in [6, 6.07) is -0.271. The Bertz CT molecular complexity index is 853. The number of hydrogen-bond donors (Lipinski definition) is 1. The van der Waals surface area contributed by atoms with Gasteiger partial charge in [0.2, 0.25) is 11.9 Å². The summed E-state index contributed by atoms with van der Waals surface area (Å²) in [7, 11) is 0. The normalized spacial score (nSPS) is 16.4. The predicted molar refractivity (Wildman–Crippen MR) is 99.3 cm³/mol. The SMILES string of the molecule is CCOC(=O)c1cnc(N2CCN(c3ncc(N=[N+]=[N-])cn3)C(CO)C2)nc1. The fourth-order valence-corrected chi connectivity index (χ4v) is 2.83. The Hall–Kier alpha value is -3.50. The number of carbonyl (C=O) groups is 1. The monoisotopic (exact) mass is 385 g/mol. The molecule has 1 N–H and O–H groups in total. The number of azide groups is 1. The van der Waals surface area contributed by atoms with Crippen LogP contribution in [0.4, 0.5) is 17.6 Å². The fraction of sp³-hybridized carbons (Fsp3) is 0.438. The minimum absolute atomic E-state index is 0.112. The molecule has 0 aliphatic carbocycles. The third-order valence-corrected chi connectivity index (χ3v) is 4.17. The van der Waals surface area contributed by atoms with Crippen LogP contribution in [0.25, 0.3) is 10.4 Å². The molecule has 12 heteroatoms. The number of aliphatic hydroxyl groups is 1. The van der Waals surface area contributed by atoms with E-state index in [1.165, 1.54) is 24.8 Å². The number of ether oxygens (including phenoxy) is 1. The Morgan fingerprint density at radius 1 is 1.25 bits per heavy atom. The van der Waals surface area contributed by atoms with Gasteiger partial charge in [-0.3, -0.25) is 0 Å². The number of piperazine rings is 1. The van der Waals surface area contributed by atoms with Crippen molar-refractivity contribution in [2.45, 2.75) is 13.0 Å². The highest BCUT2D eigenvalue weighted by atomic mass is 16.5. The lowest BCUT2D eigenvalue weighted by Gasteiger charge is -2.40. The second kappa shape index (κ2) is 8.93. The van der Waals surface area contributed by atoms with Crippen LogP contribution in [0, 0.1) is 0 Å². The maximum atomic E-state index is 11.7. The average molecular weight is 385 g/mol. The van der Waals surface area contributed by atoms with Gasteiger partial charge in [0.25, 0.3) is 0 Å². The average Bonchev–Trinajstić information content (AvgIpc) is 2.74. The first-order chi connectivity index (χ1) is 13.7. The molecule has 1 aliphatic rings. The van der Waals surface area contributed by atoms with Gasteiger partial charge >= 0.3 is 5.97 Å². The van der Waals surface area contributed by atoms with Crippen molar-refractivity contribution in [3.63, 3.8) is 0 Å². The van der Waals surface area contributed by atoms with Gasteiger partial charge < -0.3 is 19.6 Å². The van der Waals surface area contributed by atoms with Crippen LogP contribution >= 0.6 is 0 Å². The van der Waals surface area contributed by atoms with Crippen LogP contribution in [-0.2, 0) is 4.74 Å². The van der Waals surface area contributed by atoms with Crippen LogP contribution in [0.2, 0.25) is 0 Å². The van der Waals surface area contributed by atoms with Crippen molar-refractivity contribution in [2.24, 2.45) is 5.11 Å². The summed E-state index contributed by atoms with van der Waals surface area (Å²) in [5, 5.41) is 13.3. The van der Waals surface area contributed by atoms with Crippen molar-refractivity contribution < 1.29 is 14.6 Å². The van der Waals surface area contributed by atoms with E-state index in [1.54, 1.807) is 6.92 Å². The predicted octanol–water partition coefficient (Wildman–Crippen LogP) is 1.07. The van der Waals surface area contributed by atoms with E-state index in [0.717, 1.165) is 0 Å². The molecule has 2 aromatic heterocycles. The van der Waals surface area contributed by atoms with E-state index in [2.05, 4.69) is 30.0 Å². The third kappa shape index (κ3) is 4.24. The molecule has 0 spiro atoms. The van der Waals surface area contributed by atoms with Gasteiger partial charge in [-0.1, -0.05) is 5.11 Å². The topological polar surface area (TPSA) is 153 Å². The van der Waals surface area contributed by atoms with Crippen LogP contribution in [-0.4, -0.2) is 69.9 Å². The van der Waals surface area contributed by atoms with Crippen LogP contribution in [0.5, 0.6) is 0 Å². The first kappa shape index (κ1) is 19.3. The zero-order chi connectivity index (χ0) is 19.9. The molecule has 0 bridgehead atoms. The highest BCUT2D eigenvalue weighted by Gasteiger charge is 2.29. The number of nitrogens with zero attached hydrogens (tertiary/aromatic N) is 9. The molecular weight excluding hydrogens is 366 g/mol. The highest BCUT2D eigenvalue weighted by molar-refractivity contribution is 5.88. The standard InChI is InChI=1S/C16H19N9O3/c1-2-28-14(27)11-5-18-15(19-6-11)24-3-4-25(13(9-24)10-26)16-20-7-12(8-21-16)22-23-17/h5-8,13,26H,2-4,9-10H2,1H3. The van der Waals surface area contributed by atoms with Crippen molar-refractivity contribution in [1.82, 2.24) is 19.9 Å². The molecule has 1 aliphatic heterocycles. The first-order valence-electron chi connectivity index (χ1n) is 8.65. The largest absolute Gasteiger partial charge is 0.462 e. The van der Waals surface area contributed by atoms with Gasteiger partial charge in [0, 0.05) is 49.3 Å². The Kier molecular flexibility index (Phi) is 6.14. The van der Waals surface area contributed by atoms with E-state index >= 15 is 0 Å². The minimum Gasteiger partial charge on any atom is -0.462 e. The Morgan fingerprint density at radius 2 is 1.93 bits per heavy atom. The van der Waals surface area contributed by atoms with E-state index < -0.39 is 5.97 Å². The van der Waals surface area contributed by atoms with E-state index in [9.17, 15) is 9.90 Å². The number of anilines is 2. The number of aliphatic hydroxyl groups excluding tert-OH is 1. The molecule has 0 amide bonds. The van der Waals surface area contributed by atoms with E-state index in [4.69, 9.17) is 10.3 Å². The summed E-state index contributed by atoms with van der Waals surface area (Å²) < 4.78 is 4.92. The Balaban J connectivity index is 1.70. The first-order valence-corrected chi connectivity index (χ1v) is 8.65. The molecule has 0 radical (unpaired) electrons. The van der Waals surface area contributed by atoms with Crippen molar-refractivity contribution in [1.29, 1.82) is 0 Å². The lowest BCUT2D eigenvalue weighted by molar-refractivity contribution is 0.0525. The molecule has 1 atom stereocenters. The van der Waals surface area contributed by atoms with E-state index in [0.29, 0.717) is 37.2 Å². The number of esters is 1. The van der Waals surface area contributed by atoms with Gasteiger partial charge in [0.15, 0.2) is 0 Å². The molecular formula is C16H19N9O3. The lowest BCUT2D eigenvalue weighted by atomic mass is 10.2. The maximum Gasteiger partial charge on any atom is 0.341 e. The quantitative estimate of drug-likeness (QED) is 0.333. The summed E-state index contributed by atoms with van der Waals surface area (Å²) >= 11 is 0. The molecule has 1 unspecified atom stereocenters. The minimum atomic E-state index is -0.464. The van der Waals surface area contributed by atoms with Crippen LogP contribution in [0.3, 0.4) is 0 Å². The molecule has 0 aromatic carbocycles. The van der Waals surface area contributed by atoms with E-state index in [-0.39, 0.29) is 24.8 Å². The lowest BCUT2D eigenvalue weighted by Crippen LogP contribution is -2.56. The zero-order valence-corrected chi connectivity index (χ0v) is 15.2. The van der Waals surface area contributed by atoms with Crippen LogP contribution in [0.1, 0.15) is 17.3 Å². The Labute approximate surface area is 160 Å². The second-order valence-corrected chi connectivity index (χ2v) is 5.90. The molecule has 3 rings (SSSR count). The van der Waals surface area contributed by atoms with Crippen molar-refractivity contribution in [3.8, 4) is 0 Å². The van der Waals surface area contributed by atoms with Crippen LogP contribution < -0.4 is 9.80 Å². The number of carbonyl (C=O) groups excluding carboxylic acids is 1. The molecule has 12 nitrogen and oxygen atoms in total. The molecule has 2 aromatic rings. The van der Waals surface area contributed by atoms with Gasteiger partial charge in [-0.05, 0) is 12.5 Å². The van der Waals surface area contributed by atoms with Gasteiger partial charge in [-0.15, -0.1) is 0 Å². The van der Waals surface area contributed by atoms with Crippen LogP contribution in [0.15, 0.2) is 29.9 Å². The summed E-state index contributed by atoms with van der Waals surface area (Å²) in [5.74, 6) is 0.438. The van der Waals surface area contributed by atoms with Gasteiger partial charge in [-0.2, -0.15) is 0 Å². The second-order valence-electron chi connectivity index (χ2n) is 5.90. The van der Waals surface area contributed by atoms with Gasteiger partial charge in [-0.25, -0.2) is 24.7 Å². The summed E-state index contributed by atoms with van der Waals surface area (Å²) in [5.41, 5.74) is 9.05. The number of hydrogen-bond acceptors (Lipinski definition) is 10. The molecule has 28 heavy (non-hydrogen) atoms. The van der Waals surface area contributed by atoms with Gasteiger partial charge in [0.1, 0.15) is 0 Å². The van der Waals surface area contributed by atoms with Gasteiger partial charge in [0.05, 0.1) is 30.5 Å². The van der Waals surface area contributed by atoms with Crippen molar-refractivity contribution in [3.05, 3.63) is 40.8 Å². The molecule has 1 fully saturated rings. The van der Waals surface area contributed by atoms with Crippen molar-refractivity contribution in [2.75, 3.05) is 42.6 Å². The highest BCUT2D eigenvalue weighted by Crippen LogP contribution is 2.20. The fourth-order valence-electron chi connectivity index (χ4n) is 2.83. The summed E-state index contributed by atoms with van der Waals surface area (Å²) in [6.45, 7) is 3.48. The number of rotatable bonds is 6.